The van der Waals surface area contributed by atoms with E-state index in [4.69, 9.17) is 0 Å². The monoisotopic (exact) mass is 432 g/mol. The fourth-order valence-electron chi connectivity index (χ4n) is 4.86. The fourth-order valence-corrected chi connectivity index (χ4v) is 4.86. The van der Waals surface area contributed by atoms with Crippen LogP contribution in [0, 0.1) is 12.7 Å². The molecule has 164 valence electrons. The lowest BCUT2D eigenvalue weighted by atomic mass is 9.82. The zero-order chi connectivity index (χ0) is 22.4. The normalized spacial score (nSPS) is 21.2. The first kappa shape index (κ1) is 20.5. The molecule has 32 heavy (non-hydrogen) atoms. The van der Waals surface area contributed by atoms with Crippen LogP contribution in [0.15, 0.2) is 43.0 Å². The standard InChI is InChI=1S/C24H25FN6O/c1-13-8-16(9-14(2)28-13)18-4-5-19(22-21(18)26-6-7-27-22)24(32)30-17-10-20(25)23-29-15(3)11-31(23)12-17/h4-7,10-14,16,28H,8-9H2,1-3H3,(H,30,32)/t13-,14+,16+. The van der Waals surface area contributed by atoms with Crippen molar-refractivity contribution >= 4 is 28.3 Å². The molecule has 3 aromatic heterocycles. The van der Waals surface area contributed by atoms with E-state index >= 15 is 0 Å². The van der Waals surface area contributed by atoms with Crippen LogP contribution in [-0.4, -0.2) is 37.3 Å². The van der Waals surface area contributed by atoms with Gasteiger partial charge in [-0.2, -0.15) is 0 Å². The summed E-state index contributed by atoms with van der Waals surface area (Å²) in [4.78, 5) is 26.3. The number of carbonyl (C=O) groups is 1. The highest BCUT2D eigenvalue weighted by Gasteiger charge is 2.27. The number of hydrogen-bond donors (Lipinski definition) is 2. The Bertz CT molecular complexity index is 1320. The molecule has 1 saturated heterocycles. The van der Waals surface area contributed by atoms with Gasteiger partial charge >= 0.3 is 0 Å². The minimum Gasteiger partial charge on any atom is -0.320 e. The van der Waals surface area contributed by atoms with Crippen LogP contribution in [0.1, 0.15) is 54.2 Å². The van der Waals surface area contributed by atoms with Crippen molar-refractivity contribution in [2.75, 3.05) is 5.32 Å². The Morgan fingerprint density at radius 2 is 1.84 bits per heavy atom. The Hall–Kier alpha value is -3.39. The average molecular weight is 433 g/mol. The molecular formula is C24H25FN6O. The molecule has 0 spiro atoms. The molecule has 7 nitrogen and oxygen atoms in total. The number of aromatic nitrogens is 4. The van der Waals surface area contributed by atoms with Gasteiger partial charge < -0.3 is 15.0 Å². The van der Waals surface area contributed by atoms with Gasteiger partial charge in [-0.3, -0.25) is 14.8 Å². The number of nitrogens with zero attached hydrogens (tertiary/aromatic N) is 4. The van der Waals surface area contributed by atoms with Gasteiger partial charge in [0.25, 0.3) is 5.91 Å². The van der Waals surface area contributed by atoms with Crippen LogP contribution in [0.4, 0.5) is 10.1 Å². The third kappa shape index (κ3) is 3.71. The van der Waals surface area contributed by atoms with E-state index in [0.29, 0.717) is 40.5 Å². The average Bonchev–Trinajstić information content (AvgIpc) is 3.13. The van der Waals surface area contributed by atoms with Crippen LogP contribution in [0.25, 0.3) is 16.7 Å². The van der Waals surface area contributed by atoms with Gasteiger partial charge in [-0.1, -0.05) is 6.07 Å². The van der Waals surface area contributed by atoms with Crippen LogP contribution in [0.5, 0.6) is 0 Å². The van der Waals surface area contributed by atoms with Crippen molar-refractivity contribution in [2.24, 2.45) is 0 Å². The molecule has 2 N–H and O–H groups in total. The summed E-state index contributed by atoms with van der Waals surface area (Å²) in [7, 11) is 0. The predicted octanol–water partition coefficient (Wildman–Crippen LogP) is 4.22. The number of amides is 1. The molecule has 1 fully saturated rings. The van der Waals surface area contributed by atoms with E-state index < -0.39 is 5.82 Å². The van der Waals surface area contributed by atoms with Gasteiger partial charge in [0.15, 0.2) is 11.5 Å². The highest BCUT2D eigenvalue weighted by molar-refractivity contribution is 6.11. The van der Waals surface area contributed by atoms with Gasteiger partial charge in [-0.15, -0.1) is 0 Å². The topological polar surface area (TPSA) is 84.2 Å². The Labute approximate surface area is 185 Å². The molecule has 4 heterocycles. The lowest BCUT2D eigenvalue weighted by molar-refractivity contribution is 0.102. The summed E-state index contributed by atoms with van der Waals surface area (Å²) < 4.78 is 16.0. The molecule has 0 bridgehead atoms. The van der Waals surface area contributed by atoms with Crippen LogP contribution in [0.3, 0.4) is 0 Å². The summed E-state index contributed by atoms with van der Waals surface area (Å²) in [5.74, 6) is -0.506. The fraction of sp³-hybridized carbons (Fsp3) is 0.333. The summed E-state index contributed by atoms with van der Waals surface area (Å²) in [5.41, 5.74) is 4.11. The SMILES string of the molecule is Cc1cn2cc(NC(=O)c3ccc([C@H]4C[C@@H](C)N[C@@H](C)C4)c4nccnc34)cc(F)c2n1. The predicted molar refractivity (Wildman–Crippen MR) is 121 cm³/mol. The number of imidazole rings is 1. The van der Waals surface area contributed by atoms with E-state index in [9.17, 15) is 9.18 Å². The molecule has 0 radical (unpaired) electrons. The van der Waals surface area contributed by atoms with Crippen molar-refractivity contribution in [1.82, 2.24) is 24.7 Å². The lowest BCUT2D eigenvalue weighted by Gasteiger charge is -2.33. The highest BCUT2D eigenvalue weighted by atomic mass is 19.1. The number of carbonyl (C=O) groups excluding carboxylic acids is 1. The van der Waals surface area contributed by atoms with E-state index in [1.807, 2.05) is 6.07 Å². The number of anilines is 1. The quantitative estimate of drug-likeness (QED) is 0.506. The molecule has 0 unspecified atom stereocenters. The van der Waals surface area contributed by atoms with Gasteiger partial charge in [0.1, 0.15) is 5.52 Å². The molecule has 1 aromatic carbocycles. The van der Waals surface area contributed by atoms with Crippen LogP contribution >= 0.6 is 0 Å². The van der Waals surface area contributed by atoms with Crippen molar-refractivity contribution in [3.63, 3.8) is 0 Å². The minimum absolute atomic E-state index is 0.228. The maximum atomic E-state index is 14.4. The Morgan fingerprint density at radius 3 is 2.59 bits per heavy atom. The second-order valence-corrected chi connectivity index (χ2v) is 8.74. The lowest BCUT2D eigenvalue weighted by Crippen LogP contribution is -2.41. The van der Waals surface area contributed by atoms with E-state index in [1.165, 1.54) is 6.07 Å². The number of fused-ring (bicyclic) bond motifs is 2. The summed E-state index contributed by atoms with van der Waals surface area (Å²) in [6.07, 6.45) is 8.63. The number of hydrogen-bond acceptors (Lipinski definition) is 5. The smallest absolute Gasteiger partial charge is 0.257 e. The van der Waals surface area contributed by atoms with Crippen molar-refractivity contribution in [3.8, 4) is 0 Å². The van der Waals surface area contributed by atoms with Crippen molar-refractivity contribution in [3.05, 3.63) is 65.6 Å². The summed E-state index contributed by atoms with van der Waals surface area (Å²) in [5, 5.41) is 6.37. The van der Waals surface area contributed by atoms with Gasteiger partial charge in [-0.05, 0) is 51.2 Å². The second-order valence-electron chi connectivity index (χ2n) is 8.74. The first-order valence-electron chi connectivity index (χ1n) is 10.8. The number of piperidine rings is 1. The Kier molecular flexibility index (Phi) is 5.09. The van der Waals surface area contributed by atoms with Crippen LogP contribution in [0.2, 0.25) is 0 Å². The van der Waals surface area contributed by atoms with Gasteiger partial charge in [0.2, 0.25) is 0 Å². The van der Waals surface area contributed by atoms with Gasteiger partial charge in [0.05, 0.1) is 22.5 Å². The number of rotatable bonds is 3. The van der Waals surface area contributed by atoms with Crippen molar-refractivity contribution in [2.45, 2.75) is 51.6 Å². The van der Waals surface area contributed by atoms with Crippen molar-refractivity contribution in [1.29, 1.82) is 0 Å². The molecule has 1 aliphatic heterocycles. The summed E-state index contributed by atoms with van der Waals surface area (Å²) in [6.45, 7) is 6.17. The zero-order valence-electron chi connectivity index (χ0n) is 18.3. The first-order valence-corrected chi connectivity index (χ1v) is 10.8. The maximum Gasteiger partial charge on any atom is 0.257 e. The summed E-state index contributed by atoms with van der Waals surface area (Å²) >= 11 is 0. The molecule has 8 heteroatoms. The third-order valence-corrected chi connectivity index (χ3v) is 6.07. The van der Waals surface area contributed by atoms with Gasteiger partial charge in [-0.25, -0.2) is 9.37 Å². The van der Waals surface area contributed by atoms with Crippen LogP contribution < -0.4 is 10.6 Å². The summed E-state index contributed by atoms with van der Waals surface area (Å²) in [6, 6.07) is 5.89. The largest absolute Gasteiger partial charge is 0.320 e. The Morgan fingerprint density at radius 1 is 1.12 bits per heavy atom. The molecule has 3 atom stereocenters. The molecule has 5 rings (SSSR count). The molecule has 1 amide bonds. The highest BCUT2D eigenvalue weighted by Crippen LogP contribution is 2.34. The molecule has 4 aromatic rings. The number of benzene rings is 1. The zero-order valence-corrected chi connectivity index (χ0v) is 18.3. The van der Waals surface area contributed by atoms with E-state index in [2.05, 4.69) is 39.4 Å². The third-order valence-electron chi connectivity index (χ3n) is 6.07. The number of aryl methyl sites for hydroxylation is 1. The number of nitrogens with one attached hydrogen (secondary N) is 2. The molecule has 0 aliphatic carbocycles. The Balaban J connectivity index is 1.50. The molecular weight excluding hydrogens is 407 g/mol. The maximum absolute atomic E-state index is 14.4. The molecule has 1 aliphatic rings. The van der Waals surface area contributed by atoms with Crippen LogP contribution in [-0.2, 0) is 0 Å². The number of pyridine rings is 1. The molecule has 0 saturated carbocycles. The first-order chi connectivity index (χ1) is 15.4. The van der Waals surface area contributed by atoms with E-state index in [0.717, 1.165) is 23.9 Å². The number of halogens is 1. The second kappa shape index (κ2) is 7.94. The van der Waals surface area contributed by atoms with Gasteiger partial charge in [0, 0.05) is 42.9 Å². The van der Waals surface area contributed by atoms with Crippen molar-refractivity contribution < 1.29 is 9.18 Å². The minimum atomic E-state index is -0.495. The van der Waals surface area contributed by atoms with E-state index in [-0.39, 0.29) is 11.6 Å². The van der Waals surface area contributed by atoms with E-state index in [1.54, 1.807) is 42.2 Å².